The number of rotatable bonds is 8. The van der Waals surface area contributed by atoms with Gasteiger partial charge in [0.2, 0.25) is 17.8 Å². The molecule has 4 amide bonds. The van der Waals surface area contributed by atoms with Gasteiger partial charge in [-0.15, -0.1) is 0 Å². The molecule has 2 aromatic rings. The fourth-order valence-electron chi connectivity index (χ4n) is 4.40. The molecular formula is C24H28ClN7O6. The van der Waals surface area contributed by atoms with E-state index in [1.54, 1.807) is 25.4 Å². The van der Waals surface area contributed by atoms with E-state index in [1.165, 1.54) is 28.9 Å². The van der Waals surface area contributed by atoms with Crippen LogP contribution in [0, 0.1) is 0 Å². The minimum absolute atomic E-state index is 0.148. The smallest absolute Gasteiger partial charge is 0.330 e. The zero-order chi connectivity index (χ0) is 27.6. The van der Waals surface area contributed by atoms with Gasteiger partial charge in [0.25, 0.3) is 0 Å². The highest BCUT2D eigenvalue weighted by Crippen LogP contribution is 2.41. The number of amides is 4. The van der Waals surface area contributed by atoms with Crippen molar-refractivity contribution in [3.05, 3.63) is 41.6 Å². The first-order valence-electron chi connectivity index (χ1n) is 11.6. The third-order valence-electron chi connectivity index (χ3n) is 6.38. The molecule has 1 fully saturated rings. The summed E-state index contributed by atoms with van der Waals surface area (Å²) < 4.78 is 10.7. The predicted octanol–water partition coefficient (Wildman–Crippen LogP) is 1.01. The largest absolute Gasteiger partial charge is 0.497 e. The Kier molecular flexibility index (Phi) is 7.88. The van der Waals surface area contributed by atoms with Gasteiger partial charge in [0, 0.05) is 44.0 Å². The van der Waals surface area contributed by atoms with E-state index in [1.807, 2.05) is 0 Å². The van der Waals surface area contributed by atoms with Gasteiger partial charge in [-0.3, -0.25) is 19.4 Å². The van der Waals surface area contributed by atoms with Crippen LogP contribution in [0.5, 0.6) is 11.5 Å². The van der Waals surface area contributed by atoms with Crippen LogP contribution in [0.1, 0.15) is 5.56 Å². The van der Waals surface area contributed by atoms with E-state index in [-0.39, 0.29) is 36.6 Å². The number of hydrogen-bond acceptors (Lipinski definition) is 9. The molecule has 2 atom stereocenters. The number of carbonyl (C=O) groups is 3. The summed E-state index contributed by atoms with van der Waals surface area (Å²) in [5.41, 5.74) is 1.07. The number of aromatic nitrogens is 2. The number of nitrogens with one attached hydrogen (secondary N) is 2. The molecule has 2 unspecified atom stereocenters. The fraction of sp³-hybridized carbons (Fsp3) is 0.375. The van der Waals surface area contributed by atoms with E-state index in [2.05, 4.69) is 27.2 Å². The Labute approximate surface area is 224 Å². The first-order chi connectivity index (χ1) is 18.2. The van der Waals surface area contributed by atoms with Gasteiger partial charge < -0.3 is 30.1 Å². The van der Waals surface area contributed by atoms with Gasteiger partial charge in [-0.2, -0.15) is 4.98 Å². The van der Waals surface area contributed by atoms with Crippen LogP contribution >= 0.6 is 11.6 Å². The van der Waals surface area contributed by atoms with Crippen molar-refractivity contribution in [2.75, 3.05) is 56.1 Å². The first-order valence-corrected chi connectivity index (χ1v) is 12.0. The van der Waals surface area contributed by atoms with E-state index in [4.69, 9.17) is 21.1 Å². The first kappa shape index (κ1) is 26.9. The van der Waals surface area contributed by atoms with Gasteiger partial charge in [0.05, 0.1) is 38.5 Å². The standard InChI is InChI=1S/C24H28ClN7O6/c1-5-19(34)27-15-10-31(20(35)12-33)11-16(15)28-23-26-8-13-9-32(24(36)30(2)22(13)29-23)17-6-14(37-3)7-18(38-4)21(17)25/h5-8,15-16,33H,1,9-12H2,2-4H3,(H,27,34)(H,26,28,29). The lowest BCUT2D eigenvalue weighted by Gasteiger charge is -2.35. The molecule has 0 spiro atoms. The number of halogens is 1. The molecule has 13 nitrogen and oxygen atoms in total. The van der Waals surface area contributed by atoms with Gasteiger partial charge in [-0.1, -0.05) is 18.2 Å². The molecule has 0 bridgehead atoms. The topological polar surface area (TPSA) is 149 Å². The number of likely N-dealkylation sites (tertiary alicyclic amines) is 1. The maximum atomic E-state index is 13.4. The van der Waals surface area contributed by atoms with Gasteiger partial charge in [0.15, 0.2) is 0 Å². The molecule has 202 valence electrons. The summed E-state index contributed by atoms with van der Waals surface area (Å²) in [6, 6.07) is 1.97. The monoisotopic (exact) mass is 545 g/mol. The quantitative estimate of drug-likeness (QED) is 0.413. The Bertz CT molecular complexity index is 1280. The Morgan fingerprint density at radius 3 is 2.66 bits per heavy atom. The molecule has 3 heterocycles. The second-order valence-corrected chi connectivity index (χ2v) is 9.04. The average Bonchev–Trinajstić information content (AvgIpc) is 3.32. The Balaban J connectivity index is 1.59. The molecule has 38 heavy (non-hydrogen) atoms. The third kappa shape index (κ3) is 5.15. The van der Waals surface area contributed by atoms with Crippen molar-refractivity contribution in [3.8, 4) is 11.5 Å². The van der Waals surface area contributed by atoms with Crippen molar-refractivity contribution in [2.24, 2.45) is 0 Å². The normalized spacial score (nSPS) is 18.7. The van der Waals surface area contributed by atoms with Crippen LogP contribution in [0.25, 0.3) is 0 Å². The second-order valence-electron chi connectivity index (χ2n) is 8.66. The van der Waals surface area contributed by atoms with Crippen molar-refractivity contribution < 1.29 is 29.0 Å². The third-order valence-corrected chi connectivity index (χ3v) is 6.76. The number of hydrogen-bond donors (Lipinski definition) is 3. The number of urea groups is 1. The number of nitrogens with zero attached hydrogens (tertiary/aromatic N) is 5. The van der Waals surface area contributed by atoms with Crippen molar-refractivity contribution >= 4 is 46.9 Å². The molecule has 2 aliphatic rings. The molecule has 14 heteroatoms. The van der Waals surface area contributed by atoms with Gasteiger partial charge >= 0.3 is 6.03 Å². The highest BCUT2D eigenvalue weighted by Gasteiger charge is 2.37. The van der Waals surface area contributed by atoms with E-state index in [9.17, 15) is 19.5 Å². The SMILES string of the molecule is C=CC(=O)NC1CN(C(=O)CO)CC1Nc1ncc2c(n1)N(C)C(=O)N(c1cc(OC)cc(OC)c1Cl)C2. The summed E-state index contributed by atoms with van der Waals surface area (Å²) in [5.74, 6) is 0.575. The number of aliphatic hydroxyl groups is 1. The maximum Gasteiger partial charge on any atom is 0.330 e. The van der Waals surface area contributed by atoms with Crippen molar-refractivity contribution in [3.63, 3.8) is 0 Å². The molecular weight excluding hydrogens is 518 g/mol. The van der Waals surface area contributed by atoms with E-state index in [0.29, 0.717) is 28.6 Å². The molecule has 3 N–H and O–H groups in total. The van der Waals surface area contributed by atoms with Gasteiger partial charge in [-0.05, 0) is 6.08 Å². The maximum absolute atomic E-state index is 13.4. The highest BCUT2D eigenvalue weighted by atomic mass is 35.5. The van der Waals surface area contributed by atoms with E-state index in [0.717, 1.165) is 6.08 Å². The summed E-state index contributed by atoms with van der Waals surface area (Å²) in [7, 11) is 4.56. The number of aliphatic hydroxyl groups excluding tert-OH is 1. The summed E-state index contributed by atoms with van der Waals surface area (Å²) >= 11 is 6.52. The van der Waals surface area contributed by atoms with Crippen molar-refractivity contribution in [2.45, 2.75) is 18.6 Å². The lowest BCUT2D eigenvalue weighted by atomic mass is 10.1. The highest BCUT2D eigenvalue weighted by molar-refractivity contribution is 6.35. The molecule has 0 radical (unpaired) electrons. The van der Waals surface area contributed by atoms with Crippen LogP contribution < -0.4 is 29.9 Å². The fourth-order valence-corrected chi connectivity index (χ4v) is 4.68. The van der Waals surface area contributed by atoms with E-state index >= 15 is 0 Å². The van der Waals surface area contributed by atoms with Crippen LogP contribution in [0.4, 0.5) is 22.2 Å². The summed E-state index contributed by atoms with van der Waals surface area (Å²) in [4.78, 5) is 50.6. The second kappa shape index (κ2) is 11.1. The minimum atomic E-state index is -0.642. The van der Waals surface area contributed by atoms with Crippen LogP contribution in [0.3, 0.4) is 0 Å². The minimum Gasteiger partial charge on any atom is -0.497 e. The lowest BCUT2D eigenvalue weighted by Crippen LogP contribution is -2.47. The Morgan fingerprint density at radius 2 is 2.00 bits per heavy atom. The number of methoxy groups -OCH3 is 2. The zero-order valence-electron chi connectivity index (χ0n) is 21.1. The summed E-state index contributed by atoms with van der Waals surface area (Å²) in [6.07, 6.45) is 2.73. The van der Waals surface area contributed by atoms with E-state index < -0.39 is 30.5 Å². The van der Waals surface area contributed by atoms with Crippen molar-refractivity contribution in [1.29, 1.82) is 0 Å². The molecule has 1 aromatic heterocycles. The van der Waals surface area contributed by atoms with Crippen molar-refractivity contribution in [1.82, 2.24) is 20.2 Å². The number of carbonyl (C=O) groups excluding carboxylic acids is 3. The molecule has 2 aliphatic heterocycles. The number of ether oxygens (including phenoxy) is 2. The molecule has 1 saturated heterocycles. The Morgan fingerprint density at radius 1 is 1.26 bits per heavy atom. The van der Waals surface area contributed by atoms with Crippen LogP contribution in [0.15, 0.2) is 31.0 Å². The Hall–Kier alpha value is -4.10. The lowest BCUT2D eigenvalue weighted by molar-refractivity contribution is -0.133. The van der Waals surface area contributed by atoms with Crippen LogP contribution in [-0.4, -0.2) is 90.9 Å². The summed E-state index contributed by atoms with van der Waals surface area (Å²) in [5, 5.41) is 15.4. The molecule has 1 aromatic carbocycles. The van der Waals surface area contributed by atoms with Gasteiger partial charge in [0.1, 0.15) is 28.9 Å². The van der Waals surface area contributed by atoms with Crippen LogP contribution in [-0.2, 0) is 16.1 Å². The average molecular weight is 546 g/mol. The number of anilines is 3. The summed E-state index contributed by atoms with van der Waals surface area (Å²) in [6.45, 7) is 3.37. The molecule has 0 saturated carbocycles. The van der Waals surface area contributed by atoms with Crippen LogP contribution in [0.2, 0.25) is 5.02 Å². The zero-order valence-corrected chi connectivity index (χ0v) is 21.9. The molecule has 4 rings (SSSR count). The van der Waals surface area contributed by atoms with Gasteiger partial charge in [-0.25, -0.2) is 9.78 Å². The molecule has 0 aliphatic carbocycles. The predicted molar refractivity (Wildman–Crippen MR) is 140 cm³/mol. The number of fused-ring (bicyclic) bond motifs is 1. The number of benzene rings is 1.